The number of anilines is 2. The van der Waals surface area contributed by atoms with Crippen LogP contribution in [0.1, 0.15) is 36.9 Å². The number of aromatic nitrogens is 1. The number of imide groups is 2. The molecule has 4 aliphatic rings. The molecule has 3 fully saturated rings. The minimum Gasteiger partial charge on any atom is -0.508 e. The number of hydrazine groups is 1. The summed E-state index contributed by atoms with van der Waals surface area (Å²) in [6.45, 7) is 1.48. The minimum atomic E-state index is -5.11. The molecular formula is C35H27ClF6N4O6. The van der Waals surface area contributed by atoms with E-state index in [1.807, 2.05) is 0 Å². The summed E-state index contributed by atoms with van der Waals surface area (Å²) in [5, 5.41) is 12.4. The maximum Gasteiger partial charge on any atom is 0.573 e. The number of phenols is 1. The number of aromatic hydroxyl groups is 1. The highest BCUT2D eigenvalue weighted by Crippen LogP contribution is 2.64. The molecule has 0 radical (unpaired) electrons. The molecule has 1 aromatic heterocycles. The molecule has 1 saturated carbocycles. The van der Waals surface area contributed by atoms with Gasteiger partial charge in [0.05, 0.1) is 33.9 Å². The number of amides is 4. The Morgan fingerprint density at radius 2 is 1.63 bits per heavy atom. The maximum atomic E-state index is 14.5. The van der Waals surface area contributed by atoms with E-state index in [9.17, 15) is 50.6 Å². The number of rotatable bonds is 5. The Morgan fingerprint density at radius 1 is 0.942 bits per heavy atom. The third-order valence-electron chi connectivity index (χ3n) is 10.5. The van der Waals surface area contributed by atoms with Gasteiger partial charge in [-0.05, 0) is 68.1 Å². The zero-order valence-corrected chi connectivity index (χ0v) is 27.8. The van der Waals surface area contributed by atoms with Gasteiger partial charge in [-0.2, -0.15) is 18.2 Å². The van der Waals surface area contributed by atoms with Gasteiger partial charge in [0.2, 0.25) is 11.8 Å². The molecule has 2 aliphatic carbocycles. The van der Waals surface area contributed by atoms with Crippen LogP contribution in [-0.2, 0) is 25.4 Å². The number of fused-ring (bicyclic) bond motifs is 4. The van der Waals surface area contributed by atoms with Crippen molar-refractivity contribution in [2.24, 2.45) is 29.1 Å². The van der Waals surface area contributed by atoms with Crippen molar-refractivity contribution in [1.82, 2.24) is 9.99 Å². The number of carbonyl (C=O) groups is 4. The summed E-state index contributed by atoms with van der Waals surface area (Å²) in [4.78, 5) is 61.5. The molecule has 0 spiro atoms. The molecule has 272 valence electrons. The third-order valence-corrected chi connectivity index (χ3v) is 10.8. The van der Waals surface area contributed by atoms with E-state index in [0.29, 0.717) is 16.6 Å². The van der Waals surface area contributed by atoms with Gasteiger partial charge in [0.1, 0.15) is 17.2 Å². The largest absolute Gasteiger partial charge is 0.573 e. The predicted octanol–water partition coefficient (Wildman–Crippen LogP) is 6.64. The smallest absolute Gasteiger partial charge is 0.508 e. The fourth-order valence-electron chi connectivity index (χ4n) is 8.33. The average Bonchev–Trinajstić information content (AvgIpc) is 3.44. The lowest BCUT2D eigenvalue weighted by atomic mass is 9.51. The molecule has 10 nitrogen and oxygen atoms in total. The molecule has 52 heavy (non-hydrogen) atoms. The van der Waals surface area contributed by atoms with Crippen molar-refractivity contribution in [3.63, 3.8) is 0 Å². The lowest BCUT2D eigenvalue weighted by Crippen LogP contribution is -2.49. The highest BCUT2D eigenvalue weighted by molar-refractivity contribution is 6.33. The second-order valence-corrected chi connectivity index (χ2v) is 13.7. The van der Waals surface area contributed by atoms with Gasteiger partial charge < -0.3 is 9.84 Å². The summed E-state index contributed by atoms with van der Waals surface area (Å²) in [5.41, 5.74) is -2.64. The molecule has 7 rings (SSSR count). The predicted molar refractivity (Wildman–Crippen MR) is 170 cm³/mol. The number of alkyl halides is 6. The molecule has 6 unspecified atom stereocenters. The first kappa shape index (κ1) is 35.3. The summed E-state index contributed by atoms with van der Waals surface area (Å²) < 4.78 is 84.8. The van der Waals surface area contributed by atoms with Crippen LogP contribution in [0.2, 0.25) is 5.02 Å². The number of allylic oxidation sites excluding steroid dienone is 2. The van der Waals surface area contributed by atoms with Crippen molar-refractivity contribution in [2.75, 3.05) is 17.0 Å². The molecule has 3 aromatic rings. The van der Waals surface area contributed by atoms with Crippen LogP contribution in [0.15, 0.2) is 72.3 Å². The first-order chi connectivity index (χ1) is 24.3. The quantitative estimate of drug-likeness (QED) is 0.175. The van der Waals surface area contributed by atoms with Crippen molar-refractivity contribution in [3.8, 4) is 11.5 Å². The number of hydrogen-bond donors (Lipinski definition) is 1. The second kappa shape index (κ2) is 12.0. The summed E-state index contributed by atoms with van der Waals surface area (Å²) >= 11 is 6.19. The lowest BCUT2D eigenvalue weighted by molar-refractivity contribution is -0.274. The van der Waals surface area contributed by atoms with Crippen LogP contribution < -0.4 is 14.6 Å². The summed E-state index contributed by atoms with van der Waals surface area (Å²) in [6.07, 6.45) is -8.66. The van der Waals surface area contributed by atoms with Gasteiger partial charge in [0.25, 0.3) is 11.8 Å². The summed E-state index contributed by atoms with van der Waals surface area (Å²) in [6, 6.07) is 12.3. The van der Waals surface area contributed by atoms with Crippen molar-refractivity contribution >= 4 is 46.7 Å². The molecule has 0 bridgehead atoms. The topological polar surface area (TPSA) is 120 Å². The van der Waals surface area contributed by atoms with Gasteiger partial charge >= 0.3 is 12.5 Å². The Bertz CT molecular complexity index is 2060. The Morgan fingerprint density at radius 3 is 2.29 bits per heavy atom. The van der Waals surface area contributed by atoms with Crippen LogP contribution in [0.3, 0.4) is 0 Å². The number of pyridine rings is 1. The van der Waals surface area contributed by atoms with Crippen LogP contribution in [0.4, 0.5) is 37.8 Å². The molecule has 17 heteroatoms. The van der Waals surface area contributed by atoms with Crippen molar-refractivity contribution < 1.29 is 55.4 Å². The monoisotopic (exact) mass is 748 g/mol. The Hall–Kier alpha value is -5.12. The van der Waals surface area contributed by atoms with E-state index in [4.69, 9.17) is 11.6 Å². The molecule has 6 atom stereocenters. The normalized spacial score (nSPS) is 27.3. The van der Waals surface area contributed by atoms with E-state index in [1.54, 1.807) is 24.3 Å². The van der Waals surface area contributed by atoms with Crippen molar-refractivity contribution in [3.05, 3.63) is 88.6 Å². The van der Waals surface area contributed by atoms with Crippen LogP contribution in [-0.4, -0.2) is 52.1 Å². The van der Waals surface area contributed by atoms with Gasteiger partial charge in [0, 0.05) is 18.5 Å². The first-order valence-corrected chi connectivity index (χ1v) is 16.3. The van der Waals surface area contributed by atoms with E-state index < -0.39 is 94.2 Å². The fraction of sp³-hybridized carbons (Fsp3) is 0.343. The molecule has 4 amide bonds. The standard InChI is InChI=1S/C35H27ClF6N4O6/c1-33-22(30(49)45(32(33)51)16-6-4-3-5-7-16)15-20-18(27(33)21-14-17(8-12-24(21)47)52-35(40,41)42)9-10-19-26(20)31(50)46(29(19)48)44(2)28-23(36)11-13-25(43-28)34(37,38)39/h3-9,11-14,19-20,22,26-27,47H,10,15H2,1-2H3. The Labute approximate surface area is 296 Å². The SMILES string of the molecule is CN(c1nc(C(F)(F)F)ccc1Cl)N1C(=O)C2CC=C3C(CC4C(=O)N(c5ccccc5)C(=O)C4(C)C3c3cc(OC(F)(F)F)ccc3O)C2C1=O. The van der Waals surface area contributed by atoms with Crippen molar-refractivity contribution in [2.45, 2.75) is 38.2 Å². The fourth-order valence-corrected chi connectivity index (χ4v) is 8.56. The van der Waals surface area contributed by atoms with Crippen LogP contribution in [0.25, 0.3) is 0 Å². The zero-order chi connectivity index (χ0) is 37.7. The number of hydrogen-bond acceptors (Lipinski definition) is 8. The maximum absolute atomic E-state index is 14.5. The summed E-state index contributed by atoms with van der Waals surface area (Å²) in [7, 11) is 1.15. The van der Waals surface area contributed by atoms with Gasteiger partial charge in [0.15, 0.2) is 5.82 Å². The van der Waals surface area contributed by atoms with E-state index in [0.717, 1.165) is 41.2 Å². The van der Waals surface area contributed by atoms with Gasteiger partial charge in [-0.25, -0.2) is 9.88 Å². The van der Waals surface area contributed by atoms with Gasteiger partial charge in [-0.15, -0.1) is 13.2 Å². The van der Waals surface area contributed by atoms with Gasteiger partial charge in [-0.3, -0.25) is 24.2 Å². The molecule has 3 heterocycles. The highest BCUT2D eigenvalue weighted by atomic mass is 35.5. The number of ether oxygens (including phenoxy) is 1. The van der Waals surface area contributed by atoms with E-state index in [1.165, 1.54) is 19.1 Å². The number of para-hydroxylation sites is 1. The van der Waals surface area contributed by atoms with E-state index >= 15 is 0 Å². The average molecular weight is 749 g/mol. The van der Waals surface area contributed by atoms with Crippen molar-refractivity contribution in [1.29, 1.82) is 0 Å². The zero-order valence-electron chi connectivity index (χ0n) is 27.1. The summed E-state index contributed by atoms with van der Waals surface area (Å²) in [5.74, 6) is -10.4. The number of carbonyl (C=O) groups excluding carboxylic acids is 4. The van der Waals surface area contributed by atoms with Crippen LogP contribution >= 0.6 is 11.6 Å². The van der Waals surface area contributed by atoms with E-state index in [2.05, 4.69) is 9.72 Å². The third kappa shape index (κ3) is 5.37. The molecule has 2 saturated heterocycles. The second-order valence-electron chi connectivity index (χ2n) is 13.3. The Balaban J connectivity index is 1.35. The van der Waals surface area contributed by atoms with E-state index in [-0.39, 0.29) is 29.1 Å². The number of phenolic OH excluding ortho intramolecular Hbond substituents is 1. The lowest BCUT2D eigenvalue weighted by Gasteiger charge is -2.49. The number of nitrogens with zero attached hydrogens (tertiary/aromatic N) is 4. The Kier molecular flexibility index (Phi) is 8.12. The minimum absolute atomic E-state index is 0.115. The molecular weight excluding hydrogens is 722 g/mol. The van der Waals surface area contributed by atoms with Crippen LogP contribution in [0, 0.1) is 29.1 Å². The molecule has 2 aromatic carbocycles. The molecule has 1 N–H and O–H groups in total. The van der Waals surface area contributed by atoms with Gasteiger partial charge in [-0.1, -0.05) is 41.4 Å². The molecule has 2 aliphatic heterocycles. The number of benzene rings is 2. The van der Waals surface area contributed by atoms with Crippen LogP contribution in [0.5, 0.6) is 11.5 Å². The first-order valence-electron chi connectivity index (χ1n) is 15.9. The number of halogens is 7. The highest BCUT2D eigenvalue weighted by Gasteiger charge is 2.68.